The molecule has 0 bridgehead atoms. The fraction of sp³-hybridized carbons (Fsp3) is 0.556. The molecule has 1 atom stereocenters. The molecule has 1 aliphatic heterocycles. The number of sulfonamides is 1. The Bertz CT molecular complexity index is 501. The Balaban J connectivity index is 1.96. The molecule has 4 N–H and O–H groups in total. The van der Waals surface area contributed by atoms with Crippen molar-refractivity contribution in [1.82, 2.24) is 14.7 Å². The third-order valence-corrected chi connectivity index (χ3v) is 6.68. The van der Waals surface area contributed by atoms with Crippen LogP contribution >= 0.6 is 23.5 Å². The Morgan fingerprint density at radius 2 is 2.11 bits per heavy atom. The lowest BCUT2D eigenvalue weighted by molar-refractivity contribution is 0.580. The fourth-order valence-corrected chi connectivity index (χ4v) is 5.16. The highest BCUT2D eigenvalue weighted by atomic mass is 32.2. The smallest absolute Gasteiger partial charge is 0.243 e. The average Bonchev–Trinajstić information content (AvgIpc) is 2.46. The quantitative estimate of drug-likeness (QED) is 0.509. The molecule has 1 aromatic rings. The summed E-state index contributed by atoms with van der Waals surface area (Å²) in [6.07, 6.45) is 2.46. The highest BCUT2D eigenvalue weighted by Gasteiger charge is 2.20. The van der Waals surface area contributed by atoms with Crippen LogP contribution in [0.3, 0.4) is 0 Å². The predicted molar refractivity (Wildman–Crippen MR) is 78.6 cm³/mol. The Hall–Kier alpha value is -0.550. The van der Waals surface area contributed by atoms with Crippen LogP contribution in [0.4, 0.5) is 5.95 Å². The van der Waals surface area contributed by atoms with E-state index in [1.54, 1.807) is 11.8 Å². The highest BCUT2D eigenvalue weighted by molar-refractivity contribution is 8.06. The molecule has 1 aliphatic rings. The maximum atomic E-state index is 12.0. The van der Waals surface area contributed by atoms with E-state index in [4.69, 9.17) is 5.84 Å². The van der Waals surface area contributed by atoms with Gasteiger partial charge in [0.1, 0.15) is 4.90 Å². The Kier molecular flexibility index (Phi) is 5.28. The van der Waals surface area contributed by atoms with Crippen LogP contribution in [-0.2, 0) is 10.0 Å². The summed E-state index contributed by atoms with van der Waals surface area (Å²) in [6.45, 7) is 0.427. The second-order valence-electron chi connectivity index (χ2n) is 3.81. The first-order chi connectivity index (χ1) is 9.12. The van der Waals surface area contributed by atoms with Gasteiger partial charge in [0.25, 0.3) is 0 Å². The second kappa shape index (κ2) is 6.75. The van der Waals surface area contributed by atoms with Gasteiger partial charge in [0.15, 0.2) is 0 Å². The van der Waals surface area contributed by atoms with Gasteiger partial charge < -0.3 is 0 Å². The van der Waals surface area contributed by atoms with Crippen LogP contribution in [0.5, 0.6) is 0 Å². The van der Waals surface area contributed by atoms with Crippen molar-refractivity contribution in [2.75, 3.05) is 29.2 Å². The van der Waals surface area contributed by atoms with E-state index in [9.17, 15) is 8.42 Å². The van der Waals surface area contributed by atoms with Gasteiger partial charge in [-0.05, 0) is 0 Å². The van der Waals surface area contributed by atoms with E-state index < -0.39 is 10.0 Å². The number of hydrogen-bond donors (Lipinski definition) is 3. The minimum Gasteiger partial charge on any atom is -0.292 e. The van der Waals surface area contributed by atoms with E-state index >= 15 is 0 Å². The molecule has 1 unspecified atom stereocenters. The first kappa shape index (κ1) is 14.9. The van der Waals surface area contributed by atoms with Crippen molar-refractivity contribution in [3.8, 4) is 0 Å². The molecule has 106 valence electrons. The largest absolute Gasteiger partial charge is 0.292 e. The number of aromatic nitrogens is 2. The molecule has 1 saturated heterocycles. The van der Waals surface area contributed by atoms with Crippen molar-refractivity contribution in [3.63, 3.8) is 0 Å². The normalized spacial score (nSPS) is 20.2. The van der Waals surface area contributed by atoms with Gasteiger partial charge in [-0.25, -0.2) is 29.0 Å². The van der Waals surface area contributed by atoms with Crippen LogP contribution in [0.1, 0.15) is 0 Å². The minimum atomic E-state index is -3.55. The van der Waals surface area contributed by atoms with Crippen LogP contribution in [0.15, 0.2) is 17.3 Å². The predicted octanol–water partition coefficient (Wildman–Crippen LogP) is -0.111. The van der Waals surface area contributed by atoms with Crippen LogP contribution in [-0.4, -0.2) is 47.4 Å². The molecule has 2 heterocycles. The summed E-state index contributed by atoms with van der Waals surface area (Å²) >= 11 is 3.65. The zero-order valence-electron chi connectivity index (χ0n) is 10.1. The fourth-order valence-electron chi connectivity index (χ4n) is 1.47. The van der Waals surface area contributed by atoms with Crippen molar-refractivity contribution in [2.24, 2.45) is 5.84 Å². The van der Waals surface area contributed by atoms with Crippen molar-refractivity contribution in [1.29, 1.82) is 0 Å². The van der Waals surface area contributed by atoms with E-state index in [1.165, 1.54) is 12.4 Å². The molecule has 0 aromatic carbocycles. The molecule has 2 rings (SSSR count). The van der Waals surface area contributed by atoms with Gasteiger partial charge in [-0.3, -0.25) is 5.43 Å². The zero-order chi connectivity index (χ0) is 13.7. The third-order valence-electron chi connectivity index (χ3n) is 2.45. The topological polar surface area (TPSA) is 110 Å². The molecule has 0 saturated carbocycles. The number of anilines is 1. The number of thioether (sulfide) groups is 2. The van der Waals surface area contributed by atoms with Gasteiger partial charge >= 0.3 is 0 Å². The minimum absolute atomic E-state index is 0.0416. The van der Waals surface area contributed by atoms with Crippen LogP contribution in [0.25, 0.3) is 0 Å². The maximum absolute atomic E-state index is 12.0. The van der Waals surface area contributed by atoms with Gasteiger partial charge in [-0.2, -0.15) is 23.5 Å². The molecule has 0 spiro atoms. The third kappa shape index (κ3) is 4.21. The number of nitrogens with one attached hydrogen (secondary N) is 2. The van der Waals surface area contributed by atoms with E-state index in [1.807, 2.05) is 11.8 Å². The number of hydrazine groups is 1. The molecule has 1 fully saturated rings. The van der Waals surface area contributed by atoms with E-state index in [0.717, 1.165) is 17.3 Å². The van der Waals surface area contributed by atoms with Gasteiger partial charge in [-0.1, -0.05) is 0 Å². The molecule has 7 nitrogen and oxygen atoms in total. The Morgan fingerprint density at radius 3 is 2.68 bits per heavy atom. The molecule has 0 amide bonds. The van der Waals surface area contributed by atoms with Gasteiger partial charge in [0.2, 0.25) is 16.0 Å². The van der Waals surface area contributed by atoms with Gasteiger partial charge in [0, 0.05) is 29.1 Å². The number of nitrogens with zero attached hydrogens (tertiary/aromatic N) is 2. The molecule has 0 radical (unpaired) electrons. The molecule has 10 heteroatoms. The lowest BCUT2D eigenvalue weighted by Crippen LogP contribution is -2.33. The van der Waals surface area contributed by atoms with E-state index in [2.05, 4.69) is 20.1 Å². The van der Waals surface area contributed by atoms with Crippen LogP contribution < -0.4 is 16.0 Å². The molecule has 1 aromatic heterocycles. The average molecular weight is 321 g/mol. The number of nitrogens with two attached hydrogens (primary N) is 1. The first-order valence-corrected chi connectivity index (χ1v) is 9.28. The van der Waals surface area contributed by atoms with Crippen LogP contribution in [0, 0.1) is 0 Å². The van der Waals surface area contributed by atoms with Crippen molar-refractivity contribution >= 4 is 39.5 Å². The highest BCUT2D eigenvalue weighted by Crippen LogP contribution is 2.23. The zero-order valence-corrected chi connectivity index (χ0v) is 12.5. The summed E-state index contributed by atoms with van der Waals surface area (Å²) in [5.74, 6) is 8.47. The summed E-state index contributed by atoms with van der Waals surface area (Å²) in [7, 11) is -3.55. The first-order valence-electron chi connectivity index (χ1n) is 5.59. The number of rotatable bonds is 5. The summed E-state index contributed by atoms with van der Waals surface area (Å²) in [4.78, 5) is 7.61. The number of nitrogen functional groups attached to an aromatic ring is 1. The standard InChI is InChI=1S/C9H15N5O2S3/c10-14-9-11-4-8(5-12-9)19(15,16)13-3-7-6-17-1-2-18-7/h4-5,7,13H,1-3,6,10H2,(H,11,12,14). The van der Waals surface area contributed by atoms with Gasteiger partial charge in [-0.15, -0.1) is 0 Å². The molecule has 0 aliphatic carbocycles. The molecule has 19 heavy (non-hydrogen) atoms. The lowest BCUT2D eigenvalue weighted by atomic mass is 10.5. The Labute approximate surface area is 120 Å². The lowest BCUT2D eigenvalue weighted by Gasteiger charge is -2.20. The van der Waals surface area contributed by atoms with E-state index in [-0.39, 0.29) is 10.8 Å². The molecular formula is C9H15N5O2S3. The monoisotopic (exact) mass is 321 g/mol. The molecular weight excluding hydrogens is 306 g/mol. The SMILES string of the molecule is NNc1ncc(S(=O)(=O)NCC2CSCCS2)cn1. The van der Waals surface area contributed by atoms with E-state index in [0.29, 0.717) is 11.8 Å². The number of hydrogen-bond acceptors (Lipinski definition) is 8. The van der Waals surface area contributed by atoms with Gasteiger partial charge in [0.05, 0.1) is 12.4 Å². The maximum Gasteiger partial charge on any atom is 0.243 e. The second-order valence-corrected chi connectivity index (χ2v) is 8.13. The summed E-state index contributed by atoms with van der Waals surface area (Å²) < 4.78 is 26.6. The Morgan fingerprint density at radius 1 is 1.37 bits per heavy atom. The summed E-state index contributed by atoms with van der Waals surface area (Å²) in [5, 5.41) is 0.319. The van der Waals surface area contributed by atoms with Crippen LogP contribution in [0.2, 0.25) is 0 Å². The summed E-state index contributed by atoms with van der Waals surface area (Å²) in [6, 6.07) is 0. The van der Waals surface area contributed by atoms with Crippen molar-refractivity contribution < 1.29 is 8.42 Å². The van der Waals surface area contributed by atoms with Crippen molar-refractivity contribution in [2.45, 2.75) is 10.1 Å². The van der Waals surface area contributed by atoms with Crippen molar-refractivity contribution in [3.05, 3.63) is 12.4 Å². The summed E-state index contributed by atoms with van der Waals surface area (Å²) in [5.41, 5.74) is 2.25.